The number of aromatic nitrogens is 2. The van der Waals surface area contributed by atoms with Crippen molar-refractivity contribution in [3.8, 4) is 16.9 Å². The Balaban J connectivity index is 1.47. The SMILES string of the molecule is CCOC(=O)c1ccc(-n2nc(CCC(=O)NCCN3CCNC3=O)cc2-c2cccc(F)c2)cc1. The molecule has 0 bridgehead atoms. The number of rotatable bonds is 10. The summed E-state index contributed by atoms with van der Waals surface area (Å²) in [7, 11) is 0. The van der Waals surface area contributed by atoms with Gasteiger partial charge in [0.05, 0.1) is 29.2 Å². The van der Waals surface area contributed by atoms with Gasteiger partial charge < -0.3 is 20.3 Å². The van der Waals surface area contributed by atoms with Crippen molar-refractivity contribution in [2.45, 2.75) is 19.8 Å². The minimum absolute atomic E-state index is 0.116. The highest BCUT2D eigenvalue weighted by molar-refractivity contribution is 5.89. The van der Waals surface area contributed by atoms with Crippen LogP contribution in [0.2, 0.25) is 0 Å². The molecule has 2 heterocycles. The van der Waals surface area contributed by atoms with E-state index in [1.165, 1.54) is 12.1 Å². The molecule has 0 radical (unpaired) electrons. The normalized spacial score (nSPS) is 12.9. The van der Waals surface area contributed by atoms with Crippen LogP contribution in [0.25, 0.3) is 16.9 Å². The minimum atomic E-state index is -0.410. The largest absolute Gasteiger partial charge is 0.462 e. The second-order valence-corrected chi connectivity index (χ2v) is 8.28. The Labute approximate surface area is 208 Å². The molecule has 0 aliphatic carbocycles. The zero-order valence-electron chi connectivity index (χ0n) is 20.0. The van der Waals surface area contributed by atoms with Crippen LogP contribution in [-0.4, -0.2) is 65.4 Å². The van der Waals surface area contributed by atoms with Crippen LogP contribution in [-0.2, 0) is 16.0 Å². The lowest BCUT2D eigenvalue weighted by atomic mass is 10.1. The first kappa shape index (κ1) is 24.9. The highest BCUT2D eigenvalue weighted by atomic mass is 19.1. The van der Waals surface area contributed by atoms with E-state index in [1.807, 2.05) is 6.07 Å². The van der Waals surface area contributed by atoms with Crippen molar-refractivity contribution in [3.05, 3.63) is 71.7 Å². The van der Waals surface area contributed by atoms with Gasteiger partial charge in [0.2, 0.25) is 5.91 Å². The van der Waals surface area contributed by atoms with E-state index in [1.54, 1.807) is 52.9 Å². The number of carbonyl (C=O) groups is 3. The van der Waals surface area contributed by atoms with Gasteiger partial charge in [0.25, 0.3) is 0 Å². The summed E-state index contributed by atoms with van der Waals surface area (Å²) in [6, 6.07) is 14.7. The van der Waals surface area contributed by atoms with Crippen LogP contribution in [0, 0.1) is 5.82 Å². The van der Waals surface area contributed by atoms with Gasteiger partial charge in [-0.3, -0.25) is 4.79 Å². The molecule has 1 fully saturated rings. The Morgan fingerprint density at radius 1 is 1.17 bits per heavy atom. The highest BCUT2D eigenvalue weighted by Gasteiger charge is 2.19. The lowest BCUT2D eigenvalue weighted by molar-refractivity contribution is -0.121. The maximum Gasteiger partial charge on any atom is 0.338 e. The monoisotopic (exact) mass is 493 g/mol. The first-order chi connectivity index (χ1) is 17.4. The molecule has 1 aliphatic heterocycles. The van der Waals surface area contributed by atoms with E-state index in [4.69, 9.17) is 4.74 Å². The molecule has 0 saturated carbocycles. The molecule has 1 aliphatic rings. The average Bonchev–Trinajstić information content (AvgIpc) is 3.49. The molecular formula is C26H28FN5O4. The van der Waals surface area contributed by atoms with Crippen molar-refractivity contribution in [1.82, 2.24) is 25.3 Å². The fourth-order valence-electron chi connectivity index (χ4n) is 3.94. The van der Waals surface area contributed by atoms with Gasteiger partial charge in [0, 0.05) is 44.6 Å². The molecule has 0 spiro atoms. The number of benzene rings is 2. The standard InChI is InChI=1S/C26H28FN5O4/c1-2-36-25(34)18-6-9-22(10-7-18)32-23(19-4-3-5-20(27)16-19)17-21(30-32)8-11-24(33)28-12-14-31-15-13-29-26(31)35/h3-7,9-10,16-17H,2,8,11-15H2,1H3,(H,28,33)(H,29,35). The van der Waals surface area contributed by atoms with Gasteiger partial charge in [-0.15, -0.1) is 0 Å². The fraction of sp³-hybridized carbons (Fsp3) is 0.308. The van der Waals surface area contributed by atoms with Gasteiger partial charge in [-0.2, -0.15) is 5.10 Å². The van der Waals surface area contributed by atoms with Gasteiger partial charge in [-0.25, -0.2) is 18.7 Å². The van der Waals surface area contributed by atoms with E-state index in [0.29, 0.717) is 60.8 Å². The van der Waals surface area contributed by atoms with E-state index in [2.05, 4.69) is 15.7 Å². The smallest absolute Gasteiger partial charge is 0.338 e. The van der Waals surface area contributed by atoms with Gasteiger partial charge in [-0.1, -0.05) is 12.1 Å². The molecule has 36 heavy (non-hydrogen) atoms. The van der Waals surface area contributed by atoms with Crippen molar-refractivity contribution in [3.63, 3.8) is 0 Å². The highest BCUT2D eigenvalue weighted by Crippen LogP contribution is 2.25. The van der Waals surface area contributed by atoms with Crippen molar-refractivity contribution in [2.24, 2.45) is 0 Å². The van der Waals surface area contributed by atoms with E-state index < -0.39 is 5.97 Å². The summed E-state index contributed by atoms with van der Waals surface area (Å²) in [5, 5.41) is 10.2. The lowest BCUT2D eigenvalue weighted by Crippen LogP contribution is -2.36. The minimum Gasteiger partial charge on any atom is -0.462 e. The van der Waals surface area contributed by atoms with E-state index >= 15 is 0 Å². The number of nitrogens with one attached hydrogen (secondary N) is 2. The van der Waals surface area contributed by atoms with Crippen molar-refractivity contribution >= 4 is 17.9 Å². The Morgan fingerprint density at radius 2 is 1.97 bits per heavy atom. The van der Waals surface area contributed by atoms with E-state index in [-0.39, 0.29) is 30.8 Å². The third-order valence-electron chi connectivity index (χ3n) is 5.76. The molecule has 0 atom stereocenters. The number of hydrogen-bond donors (Lipinski definition) is 2. The summed E-state index contributed by atoms with van der Waals surface area (Å²) in [5.74, 6) is -0.923. The molecule has 3 amide bonds. The predicted molar refractivity (Wildman–Crippen MR) is 131 cm³/mol. The van der Waals surface area contributed by atoms with Crippen molar-refractivity contribution in [1.29, 1.82) is 0 Å². The second-order valence-electron chi connectivity index (χ2n) is 8.28. The number of urea groups is 1. The van der Waals surface area contributed by atoms with Crippen LogP contribution in [0.4, 0.5) is 9.18 Å². The molecule has 9 nitrogen and oxygen atoms in total. The molecule has 10 heteroatoms. The predicted octanol–water partition coefficient (Wildman–Crippen LogP) is 2.93. The Kier molecular flexibility index (Phi) is 7.94. The summed E-state index contributed by atoms with van der Waals surface area (Å²) < 4.78 is 20.7. The van der Waals surface area contributed by atoms with Gasteiger partial charge in [0.15, 0.2) is 0 Å². The molecule has 2 aromatic carbocycles. The van der Waals surface area contributed by atoms with Crippen LogP contribution >= 0.6 is 0 Å². The molecule has 4 rings (SSSR count). The van der Waals surface area contributed by atoms with Crippen LogP contribution < -0.4 is 10.6 Å². The number of esters is 1. The lowest BCUT2D eigenvalue weighted by Gasteiger charge is -2.14. The molecule has 1 saturated heterocycles. The van der Waals surface area contributed by atoms with Gasteiger partial charge in [0.1, 0.15) is 5.82 Å². The van der Waals surface area contributed by atoms with Crippen LogP contribution in [0.1, 0.15) is 29.4 Å². The maximum absolute atomic E-state index is 14.0. The third-order valence-corrected chi connectivity index (χ3v) is 5.76. The molecule has 3 aromatic rings. The summed E-state index contributed by atoms with van der Waals surface area (Å²) in [6.07, 6.45) is 0.597. The number of hydrogen-bond acceptors (Lipinski definition) is 5. The van der Waals surface area contributed by atoms with E-state index in [0.717, 1.165) is 0 Å². The summed E-state index contributed by atoms with van der Waals surface area (Å²) in [5.41, 5.74) is 3.06. The molecule has 188 valence electrons. The fourth-order valence-corrected chi connectivity index (χ4v) is 3.94. The van der Waals surface area contributed by atoms with E-state index in [9.17, 15) is 18.8 Å². The zero-order chi connectivity index (χ0) is 25.5. The third kappa shape index (κ3) is 6.07. The number of ether oxygens (including phenoxy) is 1. The van der Waals surface area contributed by atoms with Crippen LogP contribution in [0.3, 0.4) is 0 Å². The summed E-state index contributed by atoms with van der Waals surface area (Å²) in [6.45, 7) is 4.12. The average molecular weight is 494 g/mol. The van der Waals surface area contributed by atoms with Crippen molar-refractivity contribution in [2.75, 3.05) is 32.8 Å². The summed E-state index contributed by atoms with van der Waals surface area (Å²) >= 11 is 0. The summed E-state index contributed by atoms with van der Waals surface area (Å²) in [4.78, 5) is 37.6. The molecular weight excluding hydrogens is 465 g/mol. The van der Waals surface area contributed by atoms with Crippen LogP contribution in [0.5, 0.6) is 0 Å². The maximum atomic E-state index is 14.0. The Bertz CT molecular complexity index is 1240. The zero-order valence-corrected chi connectivity index (χ0v) is 20.0. The Hall–Kier alpha value is -4.21. The first-order valence-corrected chi connectivity index (χ1v) is 11.9. The Morgan fingerprint density at radius 3 is 2.67 bits per heavy atom. The molecule has 1 aromatic heterocycles. The number of amides is 3. The number of halogens is 1. The number of carbonyl (C=O) groups excluding carboxylic acids is 3. The second kappa shape index (κ2) is 11.5. The van der Waals surface area contributed by atoms with Gasteiger partial charge in [-0.05, 0) is 49.4 Å². The van der Waals surface area contributed by atoms with Gasteiger partial charge >= 0.3 is 12.0 Å². The van der Waals surface area contributed by atoms with Crippen LogP contribution in [0.15, 0.2) is 54.6 Å². The quantitative estimate of drug-likeness (QED) is 0.423. The molecule has 0 unspecified atom stereocenters. The van der Waals surface area contributed by atoms with Crippen molar-refractivity contribution < 1.29 is 23.5 Å². The number of aryl methyl sites for hydroxylation is 1. The first-order valence-electron chi connectivity index (χ1n) is 11.9. The number of nitrogens with zero attached hydrogens (tertiary/aromatic N) is 3. The topological polar surface area (TPSA) is 106 Å². The molecule has 2 N–H and O–H groups in total.